The quantitative estimate of drug-likeness (QED) is 0.455. The first kappa shape index (κ1) is 16.4. The van der Waals surface area contributed by atoms with Crippen molar-refractivity contribution < 1.29 is 9.90 Å². The number of nitrogens with two attached hydrogens (primary N) is 1. The van der Waals surface area contributed by atoms with Gasteiger partial charge in [0, 0.05) is 21.0 Å². The van der Waals surface area contributed by atoms with Crippen LogP contribution in [-0.4, -0.2) is 16.7 Å². The highest BCUT2D eigenvalue weighted by Crippen LogP contribution is 2.22. The minimum atomic E-state index is -0.364. The number of hydrogen-bond acceptors (Lipinski definition) is 5. The van der Waals surface area contributed by atoms with Gasteiger partial charge in [0.1, 0.15) is 5.75 Å². The minimum Gasteiger partial charge on any atom is -0.507 e. The van der Waals surface area contributed by atoms with Gasteiger partial charge in [0.2, 0.25) is 0 Å². The number of phenolic OH excluding ortho intramolecular Hbond substituents is 1. The number of phenols is 1. The Kier molecular flexibility index (Phi) is 5.43. The topological polar surface area (TPSA) is 87.7 Å². The van der Waals surface area contributed by atoms with Crippen LogP contribution < -0.4 is 10.6 Å². The van der Waals surface area contributed by atoms with Gasteiger partial charge in [-0.3, -0.25) is 9.93 Å². The maximum atomic E-state index is 12.0. The maximum Gasteiger partial charge on any atom is 0.271 e. The Hall–Kier alpha value is -2.02. The molecule has 2 rings (SSSR count). The second-order valence-electron chi connectivity index (χ2n) is 4.45. The highest BCUT2D eigenvalue weighted by Gasteiger charge is 2.08. The van der Waals surface area contributed by atoms with Crippen LogP contribution in [0.1, 0.15) is 22.8 Å². The average molecular weight is 336 g/mol. The molecule has 0 spiro atoms. The van der Waals surface area contributed by atoms with Crippen molar-refractivity contribution in [1.29, 1.82) is 0 Å². The number of carbonyl (C=O) groups excluding carboxylic acids is 1. The summed E-state index contributed by atoms with van der Waals surface area (Å²) in [5, 5.41) is 19.7. The summed E-state index contributed by atoms with van der Waals surface area (Å²) >= 11 is 6.95. The third kappa shape index (κ3) is 4.00. The molecule has 0 aromatic heterocycles. The molecule has 7 heteroatoms. The first-order valence-electron chi connectivity index (χ1n) is 6.31. The fraction of sp³-hybridized carbons (Fsp3) is 0.0667. The molecule has 22 heavy (non-hydrogen) atoms. The average Bonchev–Trinajstić information content (AvgIpc) is 2.54. The molecule has 0 heterocycles. The zero-order valence-corrected chi connectivity index (χ0v) is 13.3. The van der Waals surface area contributed by atoms with E-state index in [0.717, 1.165) is 16.8 Å². The van der Waals surface area contributed by atoms with Crippen molar-refractivity contribution >= 4 is 35.2 Å². The first-order valence-corrected chi connectivity index (χ1v) is 7.57. The monoisotopic (exact) mass is 335 g/mol. The van der Waals surface area contributed by atoms with Crippen molar-refractivity contribution in [2.45, 2.75) is 11.8 Å². The lowest BCUT2D eigenvalue weighted by molar-refractivity contribution is 0.0954. The molecule has 0 saturated heterocycles. The van der Waals surface area contributed by atoms with Crippen LogP contribution in [0, 0.1) is 0 Å². The molecule has 0 aliphatic carbocycles. The molecular weight excluding hydrogens is 322 g/mol. The Balaban J connectivity index is 2.16. The van der Waals surface area contributed by atoms with Gasteiger partial charge in [0.05, 0.1) is 5.71 Å². The van der Waals surface area contributed by atoms with Crippen molar-refractivity contribution in [2.75, 3.05) is 0 Å². The van der Waals surface area contributed by atoms with E-state index in [2.05, 4.69) is 10.5 Å². The number of hydrazone groups is 1. The lowest BCUT2D eigenvalue weighted by atomic mass is 10.1. The van der Waals surface area contributed by atoms with Gasteiger partial charge in [-0.1, -0.05) is 17.7 Å². The molecule has 2 aromatic carbocycles. The zero-order valence-electron chi connectivity index (χ0n) is 11.7. The Morgan fingerprint density at radius 2 is 2.09 bits per heavy atom. The first-order chi connectivity index (χ1) is 10.5. The summed E-state index contributed by atoms with van der Waals surface area (Å²) in [5.41, 5.74) is 3.79. The van der Waals surface area contributed by atoms with Crippen LogP contribution in [0.2, 0.25) is 5.02 Å². The van der Waals surface area contributed by atoms with Crippen LogP contribution >= 0.6 is 23.5 Å². The molecule has 0 radical (unpaired) electrons. The summed E-state index contributed by atoms with van der Waals surface area (Å²) in [6, 6.07) is 11.5. The van der Waals surface area contributed by atoms with Crippen LogP contribution in [-0.2, 0) is 0 Å². The van der Waals surface area contributed by atoms with Crippen molar-refractivity contribution in [3.05, 3.63) is 58.6 Å². The standard InChI is InChI=1S/C15H14ClN3O2S/c1-9(13-8-11(16)5-6-14(13)20)18-19-15(21)10-3-2-4-12(7-10)22-17/h2-8,20H,17H2,1H3,(H,19,21)/b18-9+. The van der Waals surface area contributed by atoms with Crippen LogP contribution in [0.25, 0.3) is 0 Å². The molecule has 2 aromatic rings. The molecule has 114 valence electrons. The van der Waals surface area contributed by atoms with Crippen LogP contribution in [0.5, 0.6) is 5.75 Å². The third-order valence-corrected chi connectivity index (χ3v) is 3.67. The smallest absolute Gasteiger partial charge is 0.271 e. The Bertz CT molecular complexity index is 734. The molecule has 0 aliphatic rings. The fourth-order valence-electron chi connectivity index (χ4n) is 1.77. The number of rotatable bonds is 4. The zero-order chi connectivity index (χ0) is 16.1. The van der Waals surface area contributed by atoms with E-state index >= 15 is 0 Å². The van der Waals surface area contributed by atoms with Gasteiger partial charge < -0.3 is 5.11 Å². The lowest BCUT2D eigenvalue weighted by Crippen LogP contribution is -2.19. The van der Waals surface area contributed by atoms with Gasteiger partial charge >= 0.3 is 0 Å². The van der Waals surface area contributed by atoms with Gasteiger partial charge in [-0.15, -0.1) is 0 Å². The van der Waals surface area contributed by atoms with E-state index < -0.39 is 0 Å². The summed E-state index contributed by atoms with van der Waals surface area (Å²) in [4.78, 5) is 12.8. The molecule has 5 nitrogen and oxygen atoms in total. The minimum absolute atomic E-state index is 0.0430. The van der Waals surface area contributed by atoms with E-state index in [-0.39, 0.29) is 11.7 Å². The summed E-state index contributed by atoms with van der Waals surface area (Å²) in [5.74, 6) is -0.321. The molecule has 0 atom stereocenters. The summed E-state index contributed by atoms with van der Waals surface area (Å²) in [6.45, 7) is 1.66. The Morgan fingerprint density at radius 1 is 1.32 bits per heavy atom. The number of amides is 1. The summed E-state index contributed by atoms with van der Waals surface area (Å²) < 4.78 is 0. The number of halogens is 1. The molecule has 1 amide bonds. The molecule has 0 aliphatic heterocycles. The normalized spacial score (nSPS) is 11.3. The van der Waals surface area contributed by atoms with Gasteiger partial charge in [0.25, 0.3) is 5.91 Å². The summed E-state index contributed by atoms with van der Waals surface area (Å²) in [6.07, 6.45) is 0. The van der Waals surface area contributed by atoms with E-state index in [4.69, 9.17) is 16.7 Å². The van der Waals surface area contributed by atoms with Crippen molar-refractivity contribution in [3.63, 3.8) is 0 Å². The second kappa shape index (κ2) is 7.31. The SMILES string of the molecule is C/C(=N\NC(=O)c1cccc(SN)c1)c1cc(Cl)ccc1O. The maximum absolute atomic E-state index is 12.0. The lowest BCUT2D eigenvalue weighted by Gasteiger charge is -2.06. The van der Waals surface area contributed by atoms with Crippen molar-refractivity contribution in [1.82, 2.24) is 5.43 Å². The number of aromatic hydroxyl groups is 1. The molecule has 0 bridgehead atoms. The van der Waals surface area contributed by atoms with Crippen LogP contribution in [0.3, 0.4) is 0 Å². The molecule has 0 fully saturated rings. The molecule has 0 saturated carbocycles. The van der Waals surface area contributed by atoms with Gasteiger partial charge in [-0.25, -0.2) is 5.43 Å². The van der Waals surface area contributed by atoms with Gasteiger partial charge in [-0.2, -0.15) is 5.10 Å². The second-order valence-corrected chi connectivity index (χ2v) is 5.59. The van der Waals surface area contributed by atoms with E-state index in [9.17, 15) is 9.90 Å². The third-order valence-electron chi connectivity index (χ3n) is 2.91. The Morgan fingerprint density at radius 3 is 2.82 bits per heavy atom. The van der Waals surface area contributed by atoms with E-state index in [0.29, 0.717) is 21.9 Å². The van der Waals surface area contributed by atoms with E-state index in [1.54, 1.807) is 43.3 Å². The predicted octanol–water partition coefficient (Wildman–Crippen LogP) is 3.17. The highest BCUT2D eigenvalue weighted by atomic mass is 35.5. The number of hydrogen-bond donors (Lipinski definition) is 3. The number of benzene rings is 2. The van der Waals surface area contributed by atoms with Crippen molar-refractivity contribution in [3.8, 4) is 5.75 Å². The van der Waals surface area contributed by atoms with E-state index in [1.807, 2.05) is 0 Å². The predicted molar refractivity (Wildman–Crippen MR) is 89.3 cm³/mol. The Labute approximate surface area is 137 Å². The highest BCUT2D eigenvalue weighted by molar-refractivity contribution is 7.97. The molecule has 0 unspecified atom stereocenters. The fourth-order valence-corrected chi connectivity index (χ4v) is 2.29. The van der Waals surface area contributed by atoms with Crippen LogP contribution in [0.4, 0.5) is 0 Å². The number of carbonyl (C=O) groups is 1. The number of nitrogens with zero attached hydrogens (tertiary/aromatic N) is 1. The van der Waals surface area contributed by atoms with Gasteiger partial charge in [0.15, 0.2) is 0 Å². The van der Waals surface area contributed by atoms with E-state index in [1.165, 1.54) is 6.07 Å². The van der Waals surface area contributed by atoms with Crippen LogP contribution in [0.15, 0.2) is 52.5 Å². The molecule has 4 N–H and O–H groups in total. The molecular formula is C15H14ClN3O2S. The largest absolute Gasteiger partial charge is 0.507 e. The number of nitrogens with one attached hydrogen (secondary N) is 1. The summed E-state index contributed by atoms with van der Waals surface area (Å²) in [7, 11) is 0. The van der Waals surface area contributed by atoms with Crippen molar-refractivity contribution in [2.24, 2.45) is 10.2 Å². The van der Waals surface area contributed by atoms with Gasteiger partial charge in [-0.05, 0) is 55.3 Å².